The molecule has 22 heavy (non-hydrogen) atoms. The highest BCUT2D eigenvalue weighted by molar-refractivity contribution is 7.09. The molecule has 0 aliphatic carbocycles. The molecule has 114 valence electrons. The normalized spacial score (nSPS) is 11.0. The van der Waals surface area contributed by atoms with Crippen LogP contribution in [-0.4, -0.2) is 19.6 Å². The van der Waals surface area contributed by atoms with Crippen LogP contribution in [0.3, 0.4) is 0 Å². The van der Waals surface area contributed by atoms with Gasteiger partial charge >= 0.3 is 0 Å². The Labute approximate surface area is 133 Å². The lowest BCUT2D eigenvalue weighted by Crippen LogP contribution is -2.38. The van der Waals surface area contributed by atoms with Gasteiger partial charge in [-0.05, 0) is 36.1 Å². The topological polar surface area (TPSA) is 60.2 Å². The molecule has 0 radical (unpaired) electrons. The van der Waals surface area contributed by atoms with Crippen molar-refractivity contribution in [2.24, 2.45) is 4.99 Å². The zero-order valence-corrected chi connectivity index (χ0v) is 13.1. The fraction of sp³-hybridized carbons (Fsp3) is 0.250. The van der Waals surface area contributed by atoms with E-state index in [2.05, 4.69) is 21.7 Å². The largest absolute Gasteiger partial charge is 0.356 e. The summed E-state index contributed by atoms with van der Waals surface area (Å²) in [7, 11) is 1.67. The fourth-order valence-electron chi connectivity index (χ4n) is 1.94. The van der Waals surface area contributed by atoms with Crippen molar-refractivity contribution in [2.75, 3.05) is 13.6 Å². The van der Waals surface area contributed by atoms with E-state index in [1.165, 1.54) is 17.0 Å². The van der Waals surface area contributed by atoms with Gasteiger partial charge in [0.25, 0.3) is 0 Å². The Hall–Kier alpha value is -2.39. The minimum absolute atomic E-state index is 0.278. The van der Waals surface area contributed by atoms with E-state index in [4.69, 9.17) is 5.26 Å². The highest BCUT2D eigenvalue weighted by Gasteiger charge is 2.05. The number of nitrogens with zero attached hydrogens (tertiary/aromatic N) is 2. The number of rotatable bonds is 5. The minimum Gasteiger partial charge on any atom is -0.356 e. The highest BCUT2D eigenvalue weighted by atomic mass is 32.1. The van der Waals surface area contributed by atoms with Crippen LogP contribution in [0, 0.1) is 17.1 Å². The van der Waals surface area contributed by atoms with Crippen molar-refractivity contribution in [1.29, 1.82) is 5.26 Å². The van der Waals surface area contributed by atoms with Crippen LogP contribution in [0.2, 0.25) is 0 Å². The summed E-state index contributed by atoms with van der Waals surface area (Å²) in [5, 5.41) is 17.1. The zero-order valence-electron chi connectivity index (χ0n) is 12.3. The first-order valence-electron chi connectivity index (χ1n) is 6.88. The summed E-state index contributed by atoms with van der Waals surface area (Å²) in [5.74, 6) is 0.277. The smallest absolute Gasteiger partial charge is 0.191 e. The van der Waals surface area contributed by atoms with Gasteiger partial charge in [0, 0.05) is 30.6 Å². The van der Waals surface area contributed by atoms with Gasteiger partial charge in [0.2, 0.25) is 0 Å². The van der Waals surface area contributed by atoms with E-state index in [1.54, 1.807) is 24.5 Å². The average molecular weight is 316 g/mol. The second-order valence-corrected chi connectivity index (χ2v) is 5.63. The summed E-state index contributed by atoms with van der Waals surface area (Å²) in [6, 6.07) is 10.4. The molecule has 0 spiro atoms. The zero-order chi connectivity index (χ0) is 15.8. The van der Waals surface area contributed by atoms with Gasteiger partial charge in [-0.2, -0.15) is 5.26 Å². The molecule has 0 saturated carbocycles. The molecule has 0 fully saturated rings. The number of hydrogen-bond acceptors (Lipinski definition) is 3. The van der Waals surface area contributed by atoms with Gasteiger partial charge in [-0.3, -0.25) is 4.99 Å². The molecule has 1 heterocycles. The summed E-state index contributed by atoms with van der Waals surface area (Å²) in [6.45, 7) is 1.03. The van der Waals surface area contributed by atoms with Crippen LogP contribution in [0.4, 0.5) is 4.39 Å². The third kappa shape index (κ3) is 4.57. The van der Waals surface area contributed by atoms with Crippen LogP contribution in [-0.2, 0) is 13.0 Å². The summed E-state index contributed by atoms with van der Waals surface area (Å²) >= 11 is 1.72. The Morgan fingerprint density at radius 3 is 2.91 bits per heavy atom. The fourth-order valence-corrected chi connectivity index (χ4v) is 2.65. The lowest BCUT2D eigenvalue weighted by molar-refractivity contribution is 0.604. The van der Waals surface area contributed by atoms with E-state index in [0.29, 0.717) is 17.1 Å². The first kappa shape index (κ1) is 16.0. The average Bonchev–Trinajstić information content (AvgIpc) is 3.05. The van der Waals surface area contributed by atoms with Crippen LogP contribution in [0.25, 0.3) is 0 Å². The summed E-state index contributed by atoms with van der Waals surface area (Å²) in [4.78, 5) is 5.41. The van der Waals surface area contributed by atoms with Crippen molar-refractivity contribution >= 4 is 17.3 Å². The number of aliphatic imine (C=N–C) groups is 1. The maximum Gasteiger partial charge on any atom is 0.191 e. The van der Waals surface area contributed by atoms with Gasteiger partial charge in [0.05, 0.1) is 11.6 Å². The molecule has 0 atom stereocenters. The number of guanidine groups is 1. The first-order chi connectivity index (χ1) is 10.7. The third-order valence-electron chi connectivity index (χ3n) is 3.09. The Morgan fingerprint density at radius 2 is 2.23 bits per heavy atom. The predicted molar refractivity (Wildman–Crippen MR) is 87.3 cm³/mol. The minimum atomic E-state index is -0.333. The van der Waals surface area contributed by atoms with Crippen LogP contribution in [0.15, 0.2) is 40.7 Å². The molecular formula is C16H17FN4S. The molecule has 0 bridgehead atoms. The van der Waals surface area contributed by atoms with Gasteiger partial charge in [0.1, 0.15) is 5.82 Å². The standard InChI is InChI=1S/C16H17FN4S/c1-19-16(20-7-6-14-3-2-8-22-14)21-11-13-9-12(10-18)4-5-15(13)17/h2-5,8-9H,6-7,11H2,1H3,(H2,19,20,21). The van der Waals surface area contributed by atoms with E-state index in [-0.39, 0.29) is 12.4 Å². The number of benzene rings is 1. The van der Waals surface area contributed by atoms with E-state index in [1.807, 2.05) is 17.5 Å². The molecule has 0 aliphatic rings. The van der Waals surface area contributed by atoms with Crippen LogP contribution < -0.4 is 10.6 Å². The first-order valence-corrected chi connectivity index (χ1v) is 7.76. The van der Waals surface area contributed by atoms with Gasteiger partial charge in [0.15, 0.2) is 5.96 Å². The molecule has 4 nitrogen and oxygen atoms in total. The molecule has 0 aliphatic heterocycles. The monoisotopic (exact) mass is 316 g/mol. The van der Waals surface area contributed by atoms with Gasteiger partial charge in [-0.1, -0.05) is 6.07 Å². The van der Waals surface area contributed by atoms with Gasteiger partial charge in [-0.25, -0.2) is 4.39 Å². The maximum absolute atomic E-state index is 13.7. The SMILES string of the molecule is CN=C(NCCc1cccs1)NCc1cc(C#N)ccc1F. The number of nitriles is 1. The second-order valence-electron chi connectivity index (χ2n) is 4.60. The highest BCUT2D eigenvalue weighted by Crippen LogP contribution is 2.10. The van der Waals surface area contributed by atoms with E-state index in [9.17, 15) is 4.39 Å². The quantitative estimate of drug-likeness (QED) is 0.658. The number of halogens is 1. The molecule has 0 unspecified atom stereocenters. The van der Waals surface area contributed by atoms with Crippen LogP contribution >= 0.6 is 11.3 Å². The molecular weight excluding hydrogens is 299 g/mol. The van der Waals surface area contributed by atoms with Crippen molar-refractivity contribution in [3.63, 3.8) is 0 Å². The van der Waals surface area contributed by atoms with Gasteiger partial charge < -0.3 is 10.6 Å². The van der Waals surface area contributed by atoms with Crippen molar-refractivity contribution in [1.82, 2.24) is 10.6 Å². The summed E-state index contributed by atoms with van der Waals surface area (Å²) in [5.41, 5.74) is 0.888. The Morgan fingerprint density at radius 1 is 1.36 bits per heavy atom. The van der Waals surface area contributed by atoms with Crippen molar-refractivity contribution in [2.45, 2.75) is 13.0 Å². The number of thiophene rings is 1. The van der Waals surface area contributed by atoms with Crippen molar-refractivity contribution in [3.8, 4) is 6.07 Å². The van der Waals surface area contributed by atoms with Crippen molar-refractivity contribution in [3.05, 3.63) is 57.5 Å². The third-order valence-corrected chi connectivity index (χ3v) is 4.02. The maximum atomic E-state index is 13.7. The Balaban J connectivity index is 1.85. The molecule has 2 aromatic rings. The molecule has 2 rings (SSSR count). The molecule has 0 amide bonds. The molecule has 0 saturated heterocycles. The Bertz CT molecular complexity index is 674. The molecule has 2 N–H and O–H groups in total. The predicted octanol–water partition coefficient (Wildman–Crippen LogP) is 2.67. The molecule has 1 aromatic heterocycles. The summed E-state index contributed by atoms with van der Waals surface area (Å²) < 4.78 is 13.7. The second kappa shape index (κ2) is 8.15. The van der Waals surface area contributed by atoms with E-state index < -0.39 is 0 Å². The van der Waals surface area contributed by atoms with Crippen LogP contribution in [0.1, 0.15) is 16.0 Å². The number of hydrogen-bond donors (Lipinski definition) is 2. The summed E-state index contributed by atoms with van der Waals surface area (Å²) in [6.07, 6.45) is 0.913. The van der Waals surface area contributed by atoms with Crippen LogP contribution in [0.5, 0.6) is 0 Å². The molecule has 6 heteroatoms. The van der Waals surface area contributed by atoms with E-state index in [0.717, 1.165) is 13.0 Å². The Kier molecular flexibility index (Phi) is 5.92. The lowest BCUT2D eigenvalue weighted by Gasteiger charge is -2.12. The van der Waals surface area contributed by atoms with Crippen molar-refractivity contribution < 1.29 is 4.39 Å². The lowest BCUT2D eigenvalue weighted by atomic mass is 10.1. The van der Waals surface area contributed by atoms with Gasteiger partial charge in [-0.15, -0.1) is 11.3 Å². The number of nitrogens with one attached hydrogen (secondary N) is 2. The molecule has 1 aromatic carbocycles. The van der Waals surface area contributed by atoms with E-state index >= 15 is 0 Å².